The third kappa shape index (κ3) is 2.50. The van der Waals surface area contributed by atoms with Crippen LogP contribution in [0.15, 0.2) is 18.4 Å². The standard InChI is InChI=1S/C13H22O/c1-5-7-13(4)8-6-11(10(2)3)12(14)9-13/h7,10-12,14H,1,6,8-9H2,2-4H3/t11-,12+,13+/m0/s1. The molecule has 1 aliphatic carbocycles. The molecule has 1 nitrogen and oxygen atoms in total. The minimum absolute atomic E-state index is 0.118. The molecule has 0 aromatic heterocycles. The van der Waals surface area contributed by atoms with Crippen molar-refractivity contribution in [1.29, 1.82) is 0 Å². The molecule has 0 aromatic carbocycles. The number of allylic oxidation sites excluding steroid dienone is 1. The van der Waals surface area contributed by atoms with Crippen LogP contribution in [0, 0.1) is 17.3 Å². The first-order valence-electron chi connectivity index (χ1n) is 5.53. The van der Waals surface area contributed by atoms with Crippen molar-refractivity contribution in [3.05, 3.63) is 18.4 Å². The van der Waals surface area contributed by atoms with Gasteiger partial charge in [0.2, 0.25) is 0 Å². The van der Waals surface area contributed by atoms with Crippen molar-refractivity contribution < 1.29 is 5.11 Å². The first-order chi connectivity index (χ1) is 6.48. The Balaban J connectivity index is 2.67. The van der Waals surface area contributed by atoms with E-state index < -0.39 is 0 Å². The molecule has 0 spiro atoms. The zero-order valence-corrected chi connectivity index (χ0v) is 9.59. The quantitative estimate of drug-likeness (QED) is 0.669. The average molecular weight is 194 g/mol. The summed E-state index contributed by atoms with van der Waals surface area (Å²) >= 11 is 0. The van der Waals surface area contributed by atoms with Gasteiger partial charge in [0.25, 0.3) is 0 Å². The highest BCUT2D eigenvalue weighted by Crippen LogP contribution is 2.41. The van der Waals surface area contributed by atoms with E-state index in [1.165, 1.54) is 0 Å². The highest BCUT2D eigenvalue weighted by Gasteiger charge is 2.36. The van der Waals surface area contributed by atoms with E-state index in [4.69, 9.17) is 0 Å². The van der Waals surface area contributed by atoms with E-state index in [0.29, 0.717) is 11.8 Å². The second-order valence-electron chi connectivity index (χ2n) is 5.22. The summed E-state index contributed by atoms with van der Waals surface area (Å²) in [4.78, 5) is 0. The molecular formula is C13H22O. The minimum atomic E-state index is -0.154. The van der Waals surface area contributed by atoms with E-state index in [1.807, 2.05) is 6.08 Å². The van der Waals surface area contributed by atoms with Crippen LogP contribution >= 0.6 is 0 Å². The number of aliphatic hydroxyl groups is 1. The number of aliphatic hydroxyl groups excluding tert-OH is 1. The summed E-state index contributed by atoms with van der Waals surface area (Å²) in [7, 11) is 0. The van der Waals surface area contributed by atoms with Crippen molar-refractivity contribution in [3.63, 3.8) is 0 Å². The van der Waals surface area contributed by atoms with Crippen LogP contribution in [0.5, 0.6) is 0 Å². The average Bonchev–Trinajstić information content (AvgIpc) is 2.02. The van der Waals surface area contributed by atoms with Crippen molar-refractivity contribution in [3.8, 4) is 0 Å². The molecule has 0 aromatic rings. The molecule has 1 heteroatoms. The van der Waals surface area contributed by atoms with Gasteiger partial charge in [-0.1, -0.05) is 27.4 Å². The SMILES string of the molecule is C=C=C[C@]1(C)CC[C@@H](C(C)C)[C@H](O)C1. The molecule has 0 bridgehead atoms. The van der Waals surface area contributed by atoms with Crippen LogP contribution in [-0.2, 0) is 0 Å². The maximum absolute atomic E-state index is 10.0. The summed E-state index contributed by atoms with van der Waals surface area (Å²) in [6.45, 7) is 10.2. The first-order valence-corrected chi connectivity index (χ1v) is 5.53. The molecule has 0 unspecified atom stereocenters. The van der Waals surface area contributed by atoms with Crippen LogP contribution in [0.25, 0.3) is 0 Å². The summed E-state index contributed by atoms with van der Waals surface area (Å²) in [5.74, 6) is 1.06. The molecule has 0 radical (unpaired) electrons. The normalized spacial score (nSPS) is 38.1. The minimum Gasteiger partial charge on any atom is -0.393 e. The molecule has 1 N–H and O–H groups in total. The summed E-state index contributed by atoms with van der Waals surface area (Å²) in [6, 6.07) is 0. The van der Waals surface area contributed by atoms with Crippen LogP contribution in [0.3, 0.4) is 0 Å². The van der Waals surface area contributed by atoms with Gasteiger partial charge in [0.1, 0.15) is 0 Å². The van der Waals surface area contributed by atoms with E-state index >= 15 is 0 Å². The Hall–Kier alpha value is -0.520. The fourth-order valence-corrected chi connectivity index (χ4v) is 2.58. The van der Waals surface area contributed by atoms with E-state index in [9.17, 15) is 5.11 Å². The largest absolute Gasteiger partial charge is 0.393 e. The van der Waals surface area contributed by atoms with Crippen LogP contribution in [0.2, 0.25) is 0 Å². The predicted octanol–water partition coefficient (Wildman–Crippen LogP) is 3.15. The summed E-state index contributed by atoms with van der Waals surface area (Å²) in [6.07, 6.45) is 4.99. The predicted molar refractivity (Wildman–Crippen MR) is 60.0 cm³/mol. The fraction of sp³-hybridized carbons (Fsp3) is 0.769. The summed E-state index contributed by atoms with van der Waals surface area (Å²) < 4.78 is 0. The van der Waals surface area contributed by atoms with Crippen LogP contribution in [0.4, 0.5) is 0 Å². The Morgan fingerprint density at radius 2 is 2.21 bits per heavy atom. The molecule has 1 rings (SSSR count). The van der Waals surface area contributed by atoms with Gasteiger partial charge in [0, 0.05) is 0 Å². The lowest BCUT2D eigenvalue weighted by atomic mass is 9.67. The Morgan fingerprint density at radius 1 is 1.57 bits per heavy atom. The van der Waals surface area contributed by atoms with E-state index in [1.54, 1.807) is 0 Å². The number of hydrogen-bond acceptors (Lipinski definition) is 1. The van der Waals surface area contributed by atoms with Gasteiger partial charge >= 0.3 is 0 Å². The van der Waals surface area contributed by atoms with Crippen molar-refractivity contribution in [2.24, 2.45) is 17.3 Å². The molecule has 1 saturated carbocycles. The van der Waals surface area contributed by atoms with Gasteiger partial charge in [0.05, 0.1) is 6.10 Å². The lowest BCUT2D eigenvalue weighted by Gasteiger charge is -2.40. The molecule has 0 saturated heterocycles. The highest BCUT2D eigenvalue weighted by atomic mass is 16.3. The van der Waals surface area contributed by atoms with E-state index in [2.05, 4.69) is 33.1 Å². The molecular weight excluding hydrogens is 172 g/mol. The van der Waals surface area contributed by atoms with Crippen molar-refractivity contribution in [2.75, 3.05) is 0 Å². The summed E-state index contributed by atoms with van der Waals surface area (Å²) in [5, 5.41) is 10.0. The van der Waals surface area contributed by atoms with Gasteiger partial charge in [-0.25, -0.2) is 0 Å². The van der Waals surface area contributed by atoms with Crippen LogP contribution < -0.4 is 0 Å². The van der Waals surface area contributed by atoms with Crippen molar-refractivity contribution in [1.82, 2.24) is 0 Å². The van der Waals surface area contributed by atoms with Crippen LogP contribution in [0.1, 0.15) is 40.0 Å². The van der Waals surface area contributed by atoms with Crippen molar-refractivity contribution in [2.45, 2.75) is 46.1 Å². The number of hydrogen-bond donors (Lipinski definition) is 1. The zero-order valence-electron chi connectivity index (χ0n) is 9.59. The van der Waals surface area contributed by atoms with Gasteiger partial charge in [-0.15, -0.1) is 5.73 Å². The molecule has 0 aliphatic heterocycles. The molecule has 0 amide bonds. The second kappa shape index (κ2) is 4.33. The third-order valence-corrected chi connectivity index (χ3v) is 3.53. The first kappa shape index (κ1) is 11.6. The topological polar surface area (TPSA) is 20.2 Å². The zero-order chi connectivity index (χ0) is 10.8. The monoisotopic (exact) mass is 194 g/mol. The maximum atomic E-state index is 10.0. The van der Waals surface area contributed by atoms with E-state index in [0.717, 1.165) is 19.3 Å². The van der Waals surface area contributed by atoms with Gasteiger partial charge < -0.3 is 5.11 Å². The Kier molecular flexibility index (Phi) is 3.58. The number of rotatable bonds is 2. The Labute approximate surface area is 87.5 Å². The highest BCUT2D eigenvalue weighted by molar-refractivity contribution is 5.00. The molecule has 80 valence electrons. The second-order valence-corrected chi connectivity index (χ2v) is 5.22. The molecule has 0 heterocycles. The molecule has 1 aliphatic rings. The molecule has 14 heavy (non-hydrogen) atoms. The summed E-state index contributed by atoms with van der Waals surface area (Å²) in [5.41, 5.74) is 2.97. The van der Waals surface area contributed by atoms with Gasteiger partial charge in [-0.05, 0) is 42.6 Å². The fourth-order valence-electron chi connectivity index (χ4n) is 2.58. The van der Waals surface area contributed by atoms with Gasteiger partial charge in [0.15, 0.2) is 0 Å². The van der Waals surface area contributed by atoms with Crippen molar-refractivity contribution >= 4 is 0 Å². The third-order valence-electron chi connectivity index (χ3n) is 3.53. The smallest absolute Gasteiger partial charge is 0.0579 e. The van der Waals surface area contributed by atoms with Gasteiger partial charge in [-0.3, -0.25) is 0 Å². The van der Waals surface area contributed by atoms with E-state index in [-0.39, 0.29) is 11.5 Å². The van der Waals surface area contributed by atoms with Crippen LogP contribution in [-0.4, -0.2) is 11.2 Å². The molecule has 1 fully saturated rings. The lowest BCUT2D eigenvalue weighted by molar-refractivity contribution is 0.00622. The molecule has 3 atom stereocenters. The lowest BCUT2D eigenvalue weighted by Crippen LogP contribution is -2.36. The Bertz CT molecular complexity index is 238. The Morgan fingerprint density at radius 3 is 2.64 bits per heavy atom. The maximum Gasteiger partial charge on any atom is 0.0579 e. The van der Waals surface area contributed by atoms with Gasteiger partial charge in [-0.2, -0.15) is 0 Å².